The normalized spacial score (nSPS) is 18.9. The van der Waals surface area contributed by atoms with Gasteiger partial charge in [-0.1, -0.05) is 42.5 Å². The fourth-order valence-electron chi connectivity index (χ4n) is 2.90. The van der Waals surface area contributed by atoms with Crippen molar-refractivity contribution in [3.05, 3.63) is 71.6 Å². The van der Waals surface area contributed by atoms with Crippen LogP contribution in [0.1, 0.15) is 29.4 Å². The molecule has 1 aliphatic rings. The van der Waals surface area contributed by atoms with Crippen LogP contribution < -0.4 is 15.8 Å². The van der Waals surface area contributed by atoms with E-state index in [0.29, 0.717) is 31.0 Å². The first kappa shape index (κ1) is 15.7. The Bertz CT molecular complexity index is 817. The van der Waals surface area contributed by atoms with E-state index in [9.17, 15) is 0 Å². The lowest BCUT2D eigenvalue weighted by atomic mass is 10.1. The lowest BCUT2D eigenvalue weighted by Gasteiger charge is -2.07. The topological polar surface area (TPSA) is 86.2 Å². The number of nitrogens with one attached hydrogen (secondary N) is 1. The first-order valence-corrected chi connectivity index (χ1v) is 8.36. The third-order valence-electron chi connectivity index (χ3n) is 4.35. The van der Waals surface area contributed by atoms with Crippen molar-refractivity contribution >= 4 is 5.95 Å². The summed E-state index contributed by atoms with van der Waals surface area (Å²) >= 11 is 0. The van der Waals surface area contributed by atoms with Crippen LogP contribution in [-0.2, 0) is 13.2 Å². The summed E-state index contributed by atoms with van der Waals surface area (Å²) in [5, 5.41) is 6.99. The summed E-state index contributed by atoms with van der Waals surface area (Å²) in [6.07, 6.45) is 1.10. The van der Waals surface area contributed by atoms with E-state index >= 15 is 0 Å². The van der Waals surface area contributed by atoms with Crippen LogP contribution in [0.5, 0.6) is 5.75 Å². The Labute approximate surface area is 146 Å². The van der Waals surface area contributed by atoms with Gasteiger partial charge in [0.05, 0.1) is 6.54 Å². The molecule has 0 saturated heterocycles. The van der Waals surface area contributed by atoms with Crippen molar-refractivity contribution in [2.24, 2.45) is 0 Å². The quantitative estimate of drug-likeness (QED) is 0.690. The number of nitrogens with two attached hydrogens (primary N) is 1. The highest BCUT2D eigenvalue weighted by molar-refractivity contribution is 5.34. The van der Waals surface area contributed by atoms with Crippen molar-refractivity contribution < 1.29 is 9.26 Å². The van der Waals surface area contributed by atoms with Crippen LogP contribution in [0.25, 0.3) is 0 Å². The van der Waals surface area contributed by atoms with Gasteiger partial charge in [0, 0.05) is 12.0 Å². The largest absolute Gasteiger partial charge is 0.489 e. The summed E-state index contributed by atoms with van der Waals surface area (Å²) in [7, 11) is 0. The highest BCUT2D eigenvalue weighted by Gasteiger charge is 2.38. The van der Waals surface area contributed by atoms with Crippen molar-refractivity contribution in [1.29, 1.82) is 0 Å². The number of ether oxygens (including phenoxy) is 1. The third-order valence-corrected chi connectivity index (χ3v) is 4.35. The maximum Gasteiger partial charge on any atom is 0.260 e. The second kappa shape index (κ2) is 6.94. The van der Waals surface area contributed by atoms with Gasteiger partial charge in [-0.05, 0) is 34.8 Å². The zero-order chi connectivity index (χ0) is 17.1. The third kappa shape index (κ3) is 3.97. The summed E-state index contributed by atoms with van der Waals surface area (Å²) in [6.45, 7) is 1.13. The fourth-order valence-corrected chi connectivity index (χ4v) is 2.90. The van der Waals surface area contributed by atoms with Crippen LogP contribution in [0.15, 0.2) is 59.1 Å². The van der Waals surface area contributed by atoms with E-state index in [1.165, 1.54) is 11.1 Å². The highest BCUT2D eigenvalue weighted by Crippen LogP contribution is 2.41. The molecule has 2 atom stereocenters. The first-order chi connectivity index (χ1) is 12.3. The van der Waals surface area contributed by atoms with E-state index in [2.05, 4.69) is 39.7 Å². The number of hydrogen-bond donors (Lipinski definition) is 2. The number of rotatable bonds is 7. The Morgan fingerprint density at radius 3 is 2.64 bits per heavy atom. The molecule has 0 radical (unpaired) electrons. The zero-order valence-corrected chi connectivity index (χ0v) is 13.8. The SMILES string of the molecule is Nc1noc(CN[C@@H]2C[C@H]2c2ccc(OCc3ccccc3)cc2)n1. The van der Waals surface area contributed by atoms with Gasteiger partial charge in [-0.25, -0.2) is 0 Å². The van der Waals surface area contributed by atoms with Crippen LogP contribution in [0.4, 0.5) is 5.95 Å². The minimum Gasteiger partial charge on any atom is -0.489 e. The molecular formula is C19H20N4O2. The minimum absolute atomic E-state index is 0.176. The molecule has 3 N–H and O–H groups in total. The molecule has 0 amide bonds. The summed E-state index contributed by atoms with van der Waals surface area (Å²) < 4.78 is 10.8. The summed E-state index contributed by atoms with van der Waals surface area (Å²) in [5.41, 5.74) is 7.92. The van der Waals surface area contributed by atoms with E-state index in [-0.39, 0.29) is 5.95 Å². The second-order valence-corrected chi connectivity index (χ2v) is 6.22. The van der Waals surface area contributed by atoms with Gasteiger partial charge < -0.3 is 20.3 Å². The molecule has 0 bridgehead atoms. The van der Waals surface area contributed by atoms with Crippen molar-refractivity contribution in [3.8, 4) is 5.75 Å². The molecule has 0 unspecified atom stereocenters. The Hall–Kier alpha value is -2.86. The minimum atomic E-state index is 0.176. The second-order valence-electron chi connectivity index (χ2n) is 6.22. The van der Waals surface area contributed by atoms with Crippen LogP contribution in [0.3, 0.4) is 0 Å². The van der Waals surface area contributed by atoms with Gasteiger partial charge in [0.2, 0.25) is 5.89 Å². The molecule has 2 aromatic carbocycles. The number of benzene rings is 2. The Morgan fingerprint density at radius 1 is 1.12 bits per heavy atom. The average molecular weight is 336 g/mol. The van der Waals surface area contributed by atoms with Crippen LogP contribution >= 0.6 is 0 Å². The Morgan fingerprint density at radius 2 is 1.92 bits per heavy atom. The molecule has 1 saturated carbocycles. The molecule has 0 aliphatic heterocycles. The monoisotopic (exact) mass is 336 g/mol. The first-order valence-electron chi connectivity index (χ1n) is 8.36. The summed E-state index contributed by atoms with van der Waals surface area (Å²) in [4.78, 5) is 3.99. The molecule has 1 fully saturated rings. The van der Waals surface area contributed by atoms with E-state index in [1.54, 1.807) is 0 Å². The molecule has 128 valence electrons. The number of nitrogen functional groups attached to an aromatic ring is 1. The predicted molar refractivity (Wildman–Crippen MR) is 93.9 cm³/mol. The lowest BCUT2D eigenvalue weighted by Crippen LogP contribution is -2.17. The molecule has 6 nitrogen and oxygen atoms in total. The molecule has 1 aliphatic carbocycles. The number of hydrogen-bond acceptors (Lipinski definition) is 6. The number of aromatic nitrogens is 2. The Balaban J connectivity index is 1.26. The summed E-state index contributed by atoms with van der Waals surface area (Å²) in [5.74, 6) is 2.10. The van der Waals surface area contributed by atoms with Crippen molar-refractivity contribution in [1.82, 2.24) is 15.5 Å². The molecule has 1 aromatic heterocycles. The summed E-state index contributed by atoms with van der Waals surface area (Å²) in [6, 6.07) is 18.9. The molecule has 6 heteroatoms. The van der Waals surface area contributed by atoms with Gasteiger partial charge in [0.1, 0.15) is 12.4 Å². The molecule has 4 rings (SSSR count). The van der Waals surface area contributed by atoms with E-state index < -0.39 is 0 Å². The smallest absolute Gasteiger partial charge is 0.260 e. The van der Waals surface area contributed by atoms with Gasteiger partial charge in [0.25, 0.3) is 5.95 Å². The maximum absolute atomic E-state index is 5.83. The molecular weight excluding hydrogens is 316 g/mol. The number of anilines is 1. The van der Waals surface area contributed by atoms with Crippen LogP contribution in [-0.4, -0.2) is 16.2 Å². The van der Waals surface area contributed by atoms with Gasteiger partial charge in [-0.2, -0.15) is 4.98 Å². The lowest BCUT2D eigenvalue weighted by molar-refractivity contribution is 0.306. The fraction of sp³-hybridized carbons (Fsp3) is 0.263. The highest BCUT2D eigenvalue weighted by atomic mass is 16.5. The van der Waals surface area contributed by atoms with E-state index in [1.807, 2.05) is 30.3 Å². The van der Waals surface area contributed by atoms with E-state index in [4.69, 9.17) is 15.0 Å². The molecule has 3 aromatic rings. The van der Waals surface area contributed by atoms with Gasteiger partial charge in [-0.3, -0.25) is 0 Å². The van der Waals surface area contributed by atoms with E-state index in [0.717, 1.165) is 12.2 Å². The van der Waals surface area contributed by atoms with Crippen LogP contribution in [0.2, 0.25) is 0 Å². The molecule has 0 spiro atoms. The molecule has 25 heavy (non-hydrogen) atoms. The maximum atomic E-state index is 5.83. The zero-order valence-electron chi connectivity index (χ0n) is 13.8. The van der Waals surface area contributed by atoms with Gasteiger partial charge in [0.15, 0.2) is 0 Å². The number of nitrogens with zero attached hydrogens (tertiary/aromatic N) is 2. The predicted octanol–water partition coefficient (Wildman–Crippen LogP) is 2.88. The van der Waals surface area contributed by atoms with Crippen LogP contribution in [0, 0.1) is 0 Å². The van der Waals surface area contributed by atoms with Crippen molar-refractivity contribution in [2.45, 2.75) is 31.5 Å². The average Bonchev–Trinajstić information content (AvgIpc) is 3.32. The van der Waals surface area contributed by atoms with Gasteiger partial charge >= 0.3 is 0 Å². The van der Waals surface area contributed by atoms with Crippen molar-refractivity contribution in [3.63, 3.8) is 0 Å². The standard InChI is InChI=1S/C19H20N4O2/c20-19-22-18(25-23-19)11-21-17-10-16(17)14-6-8-15(9-7-14)24-12-13-4-2-1-3-5-13/h1-9,16-17,21H,10-12H2,(H2,20,23)/t16-,17+/m0/s1. The Kier molecular flexibility index (Phi) is 4.35. The van der Waals surface area contributed by atoms with Crippen molar-refractivity contribution in [2.75, 3.05) is 5.73 Å². The van der Waals surface area contributed by atoms with Gasteiger partial charge in [-0.15, -0.1) is 0 Å². The molecule has 1 heterocycles.